The first kappa shape index (κ1) is 22.5. The summed E-state index contributed by atoms with van der Waals surface area (Å²) in [4.78, 5) is 0. The van der Waals surface area contributed by atoms with E-state index in [0.29, 0.717) is 0 Å². The maximum absolute atomic E-state index is 8.57. The van der Waals surface area contributed by atoms with Crippen LogP contribution in [0.1, 0.15) is 0 Å². The van der Waals surface area contributed by atoms with E-state index in [-0.39, 0.29) is 78.6 Å². The first-order chi connectivity index (χ1) is 1.73. The molecule has 0 unspecified atom stereocenters. The average molecular weight is 527 g/mol. The summed E-state index contributed by atoms with van der Waals surface area (Å²) in [5.41, 5.74) is 0. The molecule has 0 heterocycles. The fourth-order valence-corrected chi connectivity index (χ4v) is 0. The molecule has 0 spiro atoms. The minimum Gasteiger partial charge on any atom is -1.00 e. The summed E-state index contributed by atoms with van der Waals surface area (Å²) < 4.78 is 25.7. The van der Waals surface area contributed by atoms with Gasteiger partial charge >= 0.3 is 54.6 Å². The molecule has 0 aromatic carbocycles. The minimum atomic E-state index is -4.01. The van der Waals surface area contributed by atoms with Gasteiger partial charge in [-0.2, -0.15) is 0 Å². The average Bonchev–Trinajstić information content (AvgIpc) is 0.811. The molecular formula is Cd2I2O3+2. The standard InChI is InChI=1S/2Cd.IO3.HI/c;;2-1(3)4;/h;;;1H/q2*+2;-1;/p-1. The fraction of sp³-hybridized carbons (Fsp3) is 0. The Kier molecular flexibility index (Phi) is 51.6. The zero-order valence-corrected chi connectivity index (χ0v) is 15.8. The second-order valence-electron chi connectivity index (χ2n) is 0.189. The van der Waals surface area contributed by atoms with Gasteiger partial charge in [0.05, 0.1) is 0 Å². The topological polar surface area (TPSA) is 69.2 Å². The first-order valence-corrected chi connectivity index (χ1v) is 3.11. The molecule has 0 fully saturated rings. The third-order valence-corrected chi connectivity index (χ3v) is 0. The van der Waals surface area contributed by atoms with Crippen LogP contribution in [-0.2, 0) is 54.6 Å². The molecule has 0 N–H and O–H groups in total. The van der Waals surface area contributed by atoms with E-state index in [1.54, 1.807) is 0 Å². The van der Waals surface area contributed by atoms with Crippen molar-refractivity contribution in [2.75, 3.05) is 0 Å². The Balaban J connectivity index is -0.0000000150. The summed E-state index contributed by atoms with van der Waals surface area (Å²) in [5, 5.41) is 0. The molecule has 0 bridgehead atoms. The van der Waals surface area contributed by atoms with Crippen molar-refractivity contribution in [1.29, 1.82) is 0 Å². The Morgan fingerprint density at radius 3 is 0.857 bits per heavy atom. The van der Waals surface area contributed by atoms with E-state index in [1.165, 1.54) is 0 Å². The molecular weight excluding hydrogens is 527 g/mol. The van der Waals surface area contributed by atoms with Crippen LogP contribution in [-0.4, -0.2) is 0 Å². The smallest absolute Gasteiger partial charge is 1.00 e. The minimum absolute atomic E-state index is 0. The van der Waals surface area contributed by atoms with Crippen molar-refractivity contribution >= 4 is 0 Å². The van der Waals surface area contributed by atoms with Gasteiger partial charge in [-0.15, -0.1) is 0 Å². The van der Waals surface area contributed by atoms with E-state index in [2.05, 4.69) is 0 Å². The van der Waals surface area contributed by atoms with Crippen LogP contribution in [0.3, 0.4) is 0 Å². The summed E-state index contributed by atoms with van der Waals surface area (Å²) >= 11 is -4.01. The number of halogens is 2. The van der Waals surface area contributed by atoms with E-state index >= 15 is 0 Å². The van der Waals surface area contributed by atoms with E-state index in [0.717, 1.165) is 0 Å². The van der Waals surface area contributed by atoms with Gasteiger partial charge in [-0.05, 0) is 0 Å². The molecule has 0 radical (unpaired) electrons. The molecule has 7 heavy (non-hydrogen) atoms. The normalized spacial score (nSPS) is 5.14. The van der Waals surface area contributed by atoms with Crippen LogP contribution in [0, 0.1) is 0 Å². The van der Waals surface area contributed by atoms with Crippen molar-refractivity contribution in [3.05, 3.63) is 0 Å². The Labute approximate surface area is 108 Å². The van der Waals surface area contributed by atoms with E-state index < -0.39 is 21.1 Å². The molecule has 0 aliphatic rings. The molecule has 0 rings (SSSR count). The molecule has 34 valence electrons. The number of hydrogen-bond donors (Lipinski definition) is 0. The Hall–Kier alpha value is 3.18. The second-order valence-corrected chi connectivity index (χ2v) is 1.27. The van der Waals surface area contributed by atoms with Gasteiger partial charge in [0.15, 0.2) is 0 Å². The molecule has 0 saturated carbocycles. The quantitative estimate of drug-likeness (QED) is 0.233. The van der Waals surface area contributed by atoms with Crippen LogP contribution >= 0.6 is 0 Å². The zero-order valence-electron chi connectivity index (χ0n) is 3.39. The monoisotopic (exact) mass is 530 g/mol. The molecule has 3 nitrogen and oxygen atoms in total. The maximum Gasteiger partial charge on any atom is 2.00 e. The summed E-state index contributed by atoms with van der Waals surface area (Å²) in [6.07, 6.45) is 0. The van der Waals surface area contributed by atoms with Crippen LogP contribution in [0.4, 0.5) is 0 Å². The summed E-state index contributed by atoms with van der Waals surface area (Å²) in [6.45, 7) is 0. The Morgan fingerprint density at radius 1 is 0.857 bits per heavy atom. The molecule has 7 heteroatoms. The Bertz CT molecular complexity index is 15.7. The van der Waals surface area contributed by atoms with Crippen LogP contribution in [0.25, 0.3) is 0 Å². The van der Waals surface area contributed by atoms with Crippen LogP contribution in [0.15, 0.2) is 0 Å². The second kappa shape index (κ2) is 16.1. The van der Waals surface area contributed by atoms with Gasteiger partial charge in [0.2, 0.25) is 0 Å². The molecule has 0 atom stereocenters. The van der Waals surface area contributed by atoms with Crippen LogP contribution < -0.4 is 55.3 Å². The van der Waals surface area contributed by atoms with Gasteiger partial charge in [-0.1, -0.05) is 0 Å². The molecule has 0 aromatic heterocycles. The fourth-order valence-electron chi connectivity index (χ4n) is 0. The van der Waals surface area contributed by atoms with Crippen molar-refractivity contribution in [3.8, 4) is 0 Å². The summed E-state index contributed by atoms with van der Waals surface area (Å²) in [7, 11) is 0. The SMILES string of the molecule is [Cd+2].[Cd+2].[I-].[O-][I+2]([O-])[O-]. The maximum atomic E-state index is 8.57. The van der Waals surface area contributed by atoms with Crippen molar-refractivity contribution < 1.29 is 110 Å². The predicted molar refractivity (Wildman–Crippen MR) is 0 cm³/mol. The van der Waals surface area contributed by atoms with Crippen molar-refractivity contribution in [2.45, 2.75) is 0 Å². The predicted octanol–water partition coefficient (Wildman–Crippen LogP) is -9.56. The number of hydrogen-bond acceptors (Lipinski definition) is 3. The zero-order chi connectivity index (χ0) is 3.58. The number of rotatable bonds is 0. The molecule has 0 aromatic rings. The van der Waals surface area contributed by atoms with Gasteiger partial charge in [0.1, 0.15) is 0 Å². The Morgan fingerprint density at radius 2 is 0.857 bits per heavy atom. The van der Waals surface area contributed by atoms with Gasteiger partial charge in [-0.25, -0.2) is 0 Å². The van der Waals surface area contributed by atoms with Gasteiger partial charge in [0, 0.05) is 0 Å². The summed E-state index contributed by atoms with van der Waals surface area (Å²) in [6, 6.07) is 0. The van der Waals surface area contributed by atoms with Crippen molar-refractivity contribution in [3.63, 3.8) is 0 Å². The van der Waals surface area contributed by atoms with Crippen LogP contribution in [0.2, 0.25) is 0 Å². The van der Waals surface area contributed by atoms with E-state index in [4.69, 9.17) is 10.3 Å². The van der Waals surface area contributed by atoms with E-state index in [1.807, 2.05) is 0 Å². The van der Waals surface area contributed by atoms with Gasteiger partial charge < -0.3 is 34.3 Å². The van der Waals surface area contributed by atoms with Gasteiger partial charge in [-0.3, -0.25) is 0 Å². The third kappa shape index (κ3) is 46.8. The van der Waals surface area contributed by atoms with Crippen LogP contribution in [0.5, 0.6) is 0 Å². The van der Waals surface area contributed by atoms with Gasteiger partial charge in [0.25, 0.3) is 21.1 Å². The van der Waals surface area contributed by atoms with E-state index in [9.17, 15) is 0 Å². The molecule has 0 aliphatic heterocycles. The summed E-state index contributed by atoms with van der Waals surface area (Å²) in [5.74, 6) is 0. The molecule has 0 saturated heterocycles. The van der Waals surface area contributed by atoms with Crippen molar-refractivity contribution in [2.24, 2.45) is 0 Å². The third-order valence-electron chi connectivity index (χ3n) is 0. The first-order valence-electron chi connectivity index (χ1n) is 0.463. The molecule has 0 aliphatic carbocycles. The molecule has 0 amide bonds. The largest absolute Gasteiger partial charge is 2.00 e. The van der Waals surface area contributed by atoms with Crippen molar-refractivity contribution in [1.82, 2.24) is 0 Å².